The van der Waals surface area contributed by atoms with Crippen LogP contribution in [0.3, 0.4) is 0 Å². The molecule has 0 fully saturated rings. The van der Waals surface area contributed by atoms with E-state index >= 15 is 0 Å². The van der Waals surface area contributed by atoms with Crippen LogP contribution in [-0.4, -0.2) is 16.8 Å². The average molecular weight is 317 g/mol. The van der Waals surface area contributed by atoms with Gasteiger partial charge in [-0.2, -0.15) is 0 Å². The normalized spacial score (nSPS) is 11.9. The number of benzene rings is 1. The smallest absolute Gasteiger partial charge is 0.264 e. The van der Waals surface area contributed by atoms with Crippen molar-refractivity contribution in [2.24, 2.45) is 5.73 Å². The molecule has 1 atom stereocenters. The number of thiazole rings is 1. The lowest BCUT2D eigenvalue weighted by Gasteiger charge is -2.15. The van der Waals surface area contributed by atoms with Crippen LogP contribution < -0.4 is 11.1 Å². The molecule has 0 saturated carbocycles. The third-order valence-corrected chi connectivity index (χ3v) is 4.42. The van der Waals surface area contributed by atoms with Gasteiger partial charge in [-0.3, -0.25) is 9.59 Å². The monoisotopic (exact) mass is 317 g/mol. The Morgan fingerprint density at radius 2 is 2.00 bits per heavy atom. The zero-order valence-electron chi connectivity index (χ0n) is 12.6. The van der Waals surface area contributed by atoms with Crippen molar-refractivity contribution in [3.63, 3.8) is 0 Å². The second-order valence-corrected chi connectivity index (χ2v) is 6.08. The summed E-state index contributed by atoms with van der Waals surface area (Å²) >= 11 is 1.37. The van der Waals surface area contributed by atoms with Crippen molar-refractivity contribution < 1.29 is 9.59 Å². The van der Waals surface area contributed by atoms with Crippen LogP contribution in [0.4, 0.5) is 0 Å². The molecule has 2 rings (SSSR count). The van der Waals surface area contributed by atoms with Gasteiger partial charge in [0.15, 0.2) is 0 Å². The van der Waals surface area contributed by atoms with E-state index in [4.69, 9.17) is 5.73 Å². The topological polar surface area (TPSA) is 85.1 Å². The summed E-state index contributed by atoms with van der Waals surface area (Å²) in [4.78, 5) is 29.0. The minimum absolute atomic E-state index is 0.315. The first-order chi connectivity index (χ1) is 10.5. The van der Waals surface area contributed by atoms with Crippen LogP contribution in [0.2, 0.25) is 0 Å². The Kier molecular flexibility index (Phi) is 5.27. The van der Waals surface area contributed by atoms with Crippen molar-refractivity contribution in [1.82, 2.24) is 10.3 Å². The van der Waals surface area contributed by atoms with Gasteiger partial charge in [-0.25, -0.2) is 4.98 Å². The molecule has 1 aromatic carbocycles. The van der Waals surface area contributed by atoms with Crippen LogP contribution in [0.5, 0.6) is 0 Å². The van der Waals surface area contributed by atoms with E-state index in [9.17, 15) is 9.59 Å². The van der Waals surface area contributed by atoms with Crippen molar-refractivity contribution in [1.29, 1.82) is 0 Å². The van der Waals surface area contributed by atoms with Gasteiger partial charge in [0.25, 0.3) is 5.91 Å². The zero-order valence-corrected chi connectivity index (χ0v) is 13.4. The molecular formula is C16H19N3O2S. The fourth-order valence-corrected chi connectivity index (χ4v) is 3.21. The Morgan fingerprint density at radius 1 is 1.32 bits per heavy atom. The van der Waals surface area contributed by atoms with Gasteiger partial charge < -0.3 is 11.1 Å². The van der Waals surface area contributed by atoms with E-state index in [1.54, 1.807) is 31.2 Å². The van der Waals surface area contributed by atoms with Crippen LogP contribution in [0.15, 0.2) is 30.3 Å². The van der Waals surface area contributed by atoms with Crippen LogP contribution in [0.25, 0.3) is 0 Å². The van der Waals surface area contributed by atoms with Crippen molar-refractivity contribution in [3.05, 3.63) is 51.5 Å². The highest BCUT2D eigenvalue weighted by Crippen LogP contribution is 2.21. The summed E-state index contributed by atoms with van der Waals surface area (Å²) in [6.07, 6.45) is 1.82. The van der Waals surface area contributed by atoms with Crippen molar-refractivity contribution in [2.75, 3.05) is 0 Å². The number of rotatable bonds is 6. The predicted octanol–water partition coefficient (Wildman–Crippen LogP) is 2.36. The summed E-state index contributed by atoms with van der Waals surface area (Å²) < 4.78 is 0. The molecule has 5 nitrogen and oxygen atoms in total. The third-order valence-electron chi connectivity index (χ3n) is 3.20. The Hall–Kier alpha value is -2.21. The minimum atomic E-state index is -0.843. The molecule has 0 radical (unpaired) electrons. The molecule has 6 heteroatoms. The van der Waals surface area contributed by atoms with Gasteiger partial charge in [0.1, 0.15) is 10.9 Å². The first kappa shape index (κ1) is 16.2. The molecule has 22 heavy (non-hydrogen) atoms. The molecule has 0 bridgehead atoms. The molecule has 2 amide bonds. The van der Waals surface area contributed by atoms with Gasteiger partial charge in [0.05, 0.1) is 10.7 Å². The van der Waals surface area contributed by atoms with E-state index in [0.29, 0.717) is 16.1 Å². The lowest BCUT2D eigenvalue weighted by Crippen LogP contribution is -2.37. The Balaban J connectivity index is 2.20. The summed E-state index contributed by atoms with van der Waals surface area (Å²) in [5.41, 5.74) is 6.77. The minimum Gasteiger partial charge on any atom is -0.368 e. The van der Waals surface area contributed by atoms with Gasteiger partial charge in [-0.05, 0) is 25.3 Å². The number of nitrogens with two attached hydrogens (primary N) is 1. The molecule has 3 N–H and O–H groups in total. The van der Waals surface area contributed by atoms with Crippen molar-refractivity contribution in [3.8, 4) is 0 Å². The van der Waals surface area contributed by atoms with E-state index in [-0.39, 0.29) is 5.91 Å². The lowest BCUT2D eigenvalue weighted by molar-refractivity contribution is -0.120. The van der Waals surface area contributed by atoms with Crippen LogP contribution >= 0.6 is 11.3 Å². The quantitative estimate of drug-likeness (QED) is 0.857. The summed E-state index contributed by atoms with van der Waals surface area (Å²) in [6.45, 7) is 3.86. The van der Waals surface area contributed by atoms with Gasteiger partial charge in [-0.1, -0.05) is 37.3 Å². The number of aryl methyl sites for hydroxylation is 2. The molecule has 1 heterocycles. The number of carbonyl (C=O) groups is 2. The molecule has 0 spiro atoms. The predicted molar refractivity (Wildman–Crippen MR) is 86.7 cm³/mol. The van der Waals surface area contributed by atoms with Gasteiger partial charge in [-0.15, -0.1) is 11.3 Å². The van der Waals surface area contributed by atoms with E-state index in [2.05, 4.69) is 17.2 Å². The molecule has 0 aliphatic heterocycles. The van der Waals surface area contributed by atoms with Gasteiger partial charge in [0, 0.05) is 0 Å². The number of hydrogen-bond donors (Lipinski definition) is 2. The van der Waals surface area contributed by atoms with Crippen LogP contribution in [0, 0.1) is 6.92 Å². The number of nitrogens with one attached hydrogen (secondary N) is 1. The number of carbonyl (C=O) groups excluding carboxylic acids is 2. The van der Waals surface area contributed by atoms with Crippen molar-refractivity contribution >= 4 is 23.2 Å². The fourth-order valence-electron chi connectivity index (χ4n) is 2.14. The summed E-state index contributed by atoms with van der Waals surface area (Å²) in [5.74, 6) is -0.902. The van der Waals surface area contributed by atoms with E-state index in [1.807, 2.05) is 6.07 Å². The second kappa shape index (κ2) is 7.17. The lowest BCUT2D eigenvalue weighted by atomic mass is 10.1. The van der Waals surface area contributed by atoms with E-state index in [0.717, 1.165) is 17.8 Å². The maximum Gasteiger partial charge on any atom is 0.264 e. The summed E-state index contributed by atoms with van der Waals surface area (Å²) in [7, 11) is 0. The molecule has 1 aromatic heterocycles. The Morgan fingerprint density at radius 3 is 2.59 bits per heavy atom. The molecule has 0 aliphatic carbocycles. The maximum atomic E-state index is 12.4. The maximum absolute atomic E-state index is 12.4. The largest absolute Gasteiger partial charge is 0.368 e. The number of primary amides is 1. The second-order valence-electron chi connectivity index (χ2n) is 4.99. The van der Waals surface area contributed by atoms with E-state index < -0.39 is 11.9 Å². The molecular weight excluding hydrogens is 298 g/mol. The highest BCUT2D eigenvalue weighted by molar-refractivity contribution is 7.13. The standard InChI is InChI=1S/C16H19N3O2S/c1-3-7-12-18-10(2)14(22-12)16(21)19-13(15(17)20)11-8-5-4-6-9-11/h4-6,8-9,13H,3,7H2,1-2H3,(H2,17,20)(H,19,21)/t13-/m1/s1. The number of nitrogens with zero attached hydrogens (tertiary/aromatic N) is 1. The molecule has 2 aromatic rings. The van der Waals surface area contributed by atoms with E-state index in [1.165, 1.54) is 11.3 Å². The summed E-state index contributed by atoms with van der Waals surface area (Å²) in [6, 6.07) is 8.12. The zero-order chi connectivity index (χ0) is 16.1. The van der Waals surface area contributed by atoms with Gasteiger partial charge >= 0.3 is 0 Å². The highest BCUT2D eigenvalue weighted by atomic mass is 32.1. The highest BCUT2D eigenvalue weighted by Gasteiger charge is 2.23. The fraction of sp³-hybridized carbons (Fsp3) is 0.312. The third kappa shape index (κ3) is 3.71. The SMILES string of the molecule is CCCc1nc(C)c(C(=O)N[C@@H](C(N)=O)c2ccccc2)s1. The summed E-state index contributed by atoms with van der Waals surface area (Å²) in [5, 5.41) is 3.63. The Bertz CT molecular complexity index is 667. The number of amides is 2. The molecule has 0 aliphatic rings. The van der Waals surface area contributed by atoms with Crippen molar-refractivity contribution in [2.45, 2.75) is 32.7 Å². The average Bonchev–Trinajstić information content (AvgIpc) is 2.86. The Labute approximate surface area is 133 Å². The molecule has 0 saturated heterocycles. The first-order valence-electron chi connectivity index (χ1n) is 7.14. The molecule has 0 unspecified atom stereocenters. The van der Waals surface area contributed by atoms with Crippen LogP contribution in [-0.2, 0) is 11.2 Å². The van der Waals surface area contributed by atoms with Gasteiger partial charge in [0.2, 0.25) is 5.91 Å². The van der Waals surface area contributed by atoms with Crippen LogP contribution in [0.1, 0.15) is 45.3 Å². The molecule has 116 valence electrons. The number of hydrogen-bond acceptors (Lipinski definition) is 4. The number of aromatic nitrogens is 1. The first-order valence-corrected chi connectivity index (χ1v) is 7.96.